The summed E-state index contributed by atoms with van der Waals surface area (Å²) in [4.78, 5) is 38.1. The molecule has 0 bridgehead atoms. The monoisotopic (exact) mass is 420 g/mol. The van der Waals surface area contributed by atoms with Crippen molar-refractivity contribution in [2.75, 3.05) is 23.4 Å². The van der Waals surface area contributed by atoms with E-state index in [1.165, 1.54) is 0 Å². The number of hydrogen-bond acceptors (Lipinski definition) is 4. The highest BCUT2D eigenvalue weighted by molar-refractivity contribution is 6.44. The standard InChI is InChI=1S/C20H18Cl2N2O4/c1-12-4-2-5-14(8-12)24-10-13(9-18(24)26)20(27)28-11-17(25)23-16-7-3-6-15(21)19(16)22/h2-8,13H,9-11H2,1H3,(H,23,25)/t13-/m0/s1. The summed E-state index contributed by atoms with van der Waals surface area (Å²) in [6.45, 7) is 1.68. The fourth-order valence-corrected chi connectivity index (χ4v) is 3.30. The Kier molecular flexibility index (Phi) is 6.21. The molecule has 0 aromatic heterocycles. The van der Waals surface area contributed by atoms with E-state index in [9.17, 15) is 14.4 Å². The molecule has 1 atom stereocenters. The van der Waals surface area contributed by atoms with Gasteiger partial charge in [0.15, 0.2) is 6.61 Å². The molecular weight excluding hydrogens is 403 g/mol. The Labute approximate surface area is 172 Å². The zero-order chi connectivity index (χ0) is 20.3. The van der Waals surface area contributed by atoms with E-state index in [0.29, 0.717) is 10.7 Å². The van der Waals surface area contributed by atoms with E-state index in [-0.39, 0.29) is 23.9 Å². The van der Waals surface area contributed by atoms with Gasteiger partial charge in [0.2, 0.25) is 5.91 Å². The van der Waals surface area contributed by atoms with E-state index in [2.05, 4.69) is 5.32 Å². The van der Waals surface area contributed by atoms with Crippen molar-refractivity contribution in [2.24, 2.45) is 5.92 Å². The number of amides is 2. The van der Waals surface area contributed by atoms with E-state index in [0.717, 1.165) is 11.3 Å². The third-order valence-corrected chi connectivity index (χ3v) is 5.16. The second kappa shape index (κ2) is 8.63. The first-order chi connectivity index (χ1) is 13.3. The SMILES string of the molecule is Cc1cccc(N2C[C@@H](C(=O)OCC(=O)Nc3cccc(Cl)c3Cl)CC2=O)c1. The molecule has 2 amide bonds. The Bertz CT molecular complexity index is 932. The average molecular weight is 421 g/mol. The van der Waals surface area contributed by atoms with Crippen LogP contribution in [-0.4, -0.2) is 30.9 Å². The maximum absolute atomic E-state index is 12.3. The number of nitrogens with one attached hydrogen (secondary N) is 1. The highest BCUT2D eigenvalue weighted by Crippen LogP contribution is 2.29. The number of carbonyl (C=O) groups is 3. The lowest BCUT2D eigenvalue weighted by Crippen LogP contribution is -2.28. The van der Waals surface area contributed by atoms with Crippen LogP contribution in [0.3, 0.4) is 0 Å². The molecule has 0 aliphatic carbocycles. The van der Waals surface area contributed by atoms with Crippen LogP contribution in [0.5, 0.6) is 0 Å². The molecule has 1 aliphatic rings. The molecule has 2 aromatic rings. The number of rotatable bonds is 5. The van der Waals surface area contributed by atoms with Crippen LogP contribution < -0.4 is 10.2 Å². The zero-order valence-corrected chi connectivity index (χ0v) is 16.6. The Morgan fingerprint density at radius 3 is 2.71 bits per heavy atom. The molecule has 1 fully saturated rings. The van der Waals surface area contributed by atoms with E-state index >= 15 is 0 Å². The molecule has 1 saturated heterocycles. The molecule has 2 aromatic carbocycles. The molecule has 146 valence electrons. The van der Waals surface area contributed by atoms with Gasteiger partial charge in [-0.15, -0.1) is 0 Å². The molecule has 6 nitrogen and oxygen atoms in total. The maximum atomic E-state index is 12.3. The quantitative estimate of drug-likeness (QED) is 0.745. The first-order valence-electron chi connectivity index (χ1n) is 8.62. The molecule has 8 heteroatoms. The van der Waals surface area contributed by atoms with Gasteiger partial charge in [0, 0.05) is 18.7 Å². The minimum Gasteiger partial charge on any atom is -0.455 e. The lowest BCUT2D eigenvalue weighted by Gasteiger charge is -2.17. The predicted molar refractivity (Wildman–Crippen MR) is 108 cm³/mol. The van der Waals surface area contributed by atoms with E-state index < -0.39 is 24.4 Å². The number of aryl methyl sites for hydroxylation is 1. The van der Waals surface area contributed by atoms with Crippen molar-refractivity contribution in [1.29, 1.82) is 0 Å². The number of halogens is 2. The van der Waals surface area contributed by atoms with Crippen molar-refractivity contribution in [3.05, 3.63) is 58.1 Å². The van der Waals surface area contributed by atoms with Gasteiger partial charge in [0.1, 0.15) is 0 Å². The molecule has 28 heavy (non-hydrogen) atoms. The van der Waals surface area contributed by atoms with Gasteiger partial charge in [0.25, 0.3) is 5.91 Å². The summed E-state index contributed by atoms with van der Waals surface area (Å²) in [5.41, 5.74) is 2.10. The topological polar surface area (TPSA) is 75.7 Å². The van der Waals surface area contributed by atoms with Crippen molar-refractivity contribution in [1.82, 2.24) is 0 Å². The molecule has 0 spiro atoms. The first kappa shape index (κ1) is 20.2. The van der Waals surface area contributed by atoms with Gasteiger partial charge < -0.3 is 15.0 Å². The van der Waals surface area contributed by atoms with E-state index in [1.54, 1.807) is 23.1 Å². The van der Waals surface area contributed by atoms with Crippen LogP contribution in [0, 0.1) is 12.8 Å². The third kappa shape index (κ3) is 4.64. The van der Waals surface area contributed by atoms with E-state index in [1.807, 2.05) is 31.2 Å². The Hall–Kier alpha value is -2.57. The fraction of sp³-hybridized carbons (Fsp3) is 0.250. The second-order valence-electron chi connectivity index (χ2n) is 6.50. The highest BCUT2D eigenvalue weighted by atomic mass is 35.5. The van der Waals surface area contributed by atoms with Crippen LogP contribution in [0.15, 0.2) is 42.5 Å². The second-order valence-corrected chi connectivity index (χ2v) is 7.29. The van der Waals surface area contributed by atoms with Gasteiger partial charge in [-0.1, -0.05) is 41.4 Å². The highest BCUT2D eigenvalue weighted by Gasteiger charge is 2.36. The largest absolute Gasteiger partial charge is 0.455 e. The number of hydrogen-bond donors (Lipinski definition) is 1. The van der Waals surface area contributed by atoms with Crippen molar-refractivity contribution < 1.29 is 19.1 Å². The van der Waals surface area contributed by atoms with Crippen LogP contribution in [-0.2, 0) is 19.1 Å². The molecule has 1 aliphatic heterocycles. The Balaban J connectivity index is 1.54. The maximum Gasteiger partial charge on any atom is 0.311 e. The van der Waals surface area contributed by atoms with Gasteiger partial charge in [0.05, 0.1) is 21.7 Å². The summed E-state index contributed by atoms with van der Waals surface area (Å²) in [7, 11) is 0. The molecule has 3 rings (SSSR count). The number of anilines is 2. The first-order valence-corrected chi connectivity index (χ1v) is 9.38. The van der Waals surface area contributed by atoms with Gasteiger partial charge in [-0.05, 0) is 36.8 Å². The summed E-state index contributed by atoms with van der Waals surface area (Å²) in [6.07, 6.45) is 0.0501. The van der Waals surface area contributed by atoms with Crippen molar-refractivity contribution in [3.63, 3.8) is 0 Å². The zero-order valence-electron chi connectivity index (χ0n) is 15.1. The van der Waals surface area contributed by atoms with Gasteiger partial charge in [-0.2, -0.15) is 0 Å². The summed E-state index contributed by atoms with van der Waals surface area (Å²) in [5, 5.41) is 3.05. The van der Waals surface area contributed by atoms with Gasteiger partial charge in [-0.25, -0.2) is 0 Å². The smallest absolute Gasteiger partial charge is 0.311 e. The van der Waals surface area contributed by atoms with Crippen LogP contribution in [0.25, 0.3) is 0 Å². The summed E-state index contributed by atoms with van der Waals surface area (Å²) >= 11 is 11.9. The Morgan fingerprint density at radius 1 is 1.21 bits per heavy atom. The molecular formula is C20H18Cl2N2O4. The van der Waals surface area contributed by atoms with Crippen molar-refractivity contribution in [3.8, 4) is 0 Å². The lowest BCUT2D eigenvalue weighted by atomic mass is 10.1. The molecule has 0 unspecified atom stereocenters. The minimum absolute atomic E-state index is 0.0501. The van der Waals surface area contributed by atoms with Crippen LogP contribution in [0.1, 0.15) is 12.0 Å². The molecule has 0 radical (unpaired) electrons. The molecule has 0 saturated carbocycles. The Morgan fingerprint density at radius 2 is 1.96 bits per heavy atom. The van der Waals surface area contributed by atoms with Gasteiger partial charge in [-0.3, -0.25) is 14.4 Å². The van der Waals surface area contributed by atoms with Crippen molar-refractivity contribution >= 4 is 52.4 Å². The number of benzene rings is 2. The fourth-order valence-electron chi connectivity index (χ4n) is 2.95. The summed E-state index contributed by atoms with van der Waals surface area (Å²) < 4.78 is 5.08. The van der Waals surface area contributed by atoms with Crippen LogP contribution >= 0.6 is 23.2 Å². The third-order valence-electron chi connectivity index (χ3n) is 4.34. The predicted octanol–water partition coefficient (Wildman–Crippen LogP) is 3.84. The number of nitrogens with zero attached hydrogens (tertiary/aromatic N) is 1. The molecule has 1 N–H and O–H groups in total. The number of ether oxygens (including phenoxy) is 1. The van der Waals surface area contributed by atoms with E-state index in [4.69, 9.17) is 27.9 Å². The average Bonchev–Trinajstić information content (AvgIpc) is 3.05. The lowest BCUT2D eigenvalue weighted by molar-refractivity contribution is -0.151. The summed E-state index contributed by atoms with van der Waals surface area (Å²) in [6, 6.07) is 12.3. The summed E-state index contributed by atoms with van der Waals surface area (Å²) in [5.74, 6) is -1.90. The van der Waals surface area contributed by atoms with Crippen LogP contribution in [0.2, 0.25) is 10.0 Å². The normalized spacial score (nSPS) is 16.2. The minimum atomic E-state index is -0.615. The number of esters is 1. The van der Waals surface area contributed by atoms with Gasteiger partial charge >= 0.3 is 5.97 Å². The number of carbonyl (C=O) groups excluding carboxylic acids is 3. The molecule has 1 heterocycles. The van der Waals surface area contributed by atoms with Crippen LogP contribution in [0.4, 0.5) is 11.4 Å². The van der Waals surface area contributed by atoms with Crippen molar-refractivity contribution in [2.45, 2.75) is 13.3 Å².